The Morgan fingerprint density at radius 1 is 1.30 bits per heavy atom. The van der Waals surface area contributed by atoms with E-state index in [0.29, 0.717) is 19.6 Å². The summed E-state index contributed by atoms with van der Waals surface area (Å²) >= 11 is 0. The standard InChI is InChI=1S/C23H24N4O3/c1-13-3-4-16(9-14(13)2)27-12-23-7-5-18(30-23)19(20(23)22(27)29)21(28)26-8-6-17-15(11-26)10-24-25-17/h3-5,7,9-10,18-20H,6,8,11-12H2,1-2H3,(H,24,25)/t18-,19-,20-,23-/m0/s1. The fourth-order valence-corrected chi connectivity index (χ4v) is 5.51. The molecule has 30 heavy (non-hydrogen) atoms. The van der Waals surface area contributed by atoms with Gasteiger partial charge in [0.05, 0.1) is 30.7 Å². The minimum absolute atomic E-state index is 0.00976. The molecule has 2 saturated heterocycles. The quantitative estimate of drug-likeness (QED) is 0.776. The normalized spacial score (nSPS) is 31.4. The molecule has 7 nitrogen and oxygen atoms in total. The van der Waals surface area contributed by atoms with Crippen LogP contribution in [0, 0.1) is 25.7 Å². The number of fused-ring (bicyclic) bond motifs is 2. The molecule has 5 heterocycles. The Morgan fingerprint density at radius 3 is 3.00 bits per heavy atom. The Hall–Kier alpha value is -2.93. The maximum Gasteiger partial charge on any atom is 0.234 e. The molecule has 2 fully saturated rings. The van der Waals surface area contributed by atoms with Crippen molar-refractivity contribution in [3.05, 3.63) is 58.9 Å². The molecule has 4 atom stereocenters. The van der Waals surface area contributed by atoms with Crippen molar-refractivity contribution in [2.45, 2.75) is 38.5 Å². The lowest BCUT2D eigenvalue weighted by molar-refractivity contribution is -0.141. The van der Waals surface area contributed by atoms with Crippen LogP contribution < -0.4 is 4.90 Å². The SMILES string of the molecule is Cc1ccc(N2C[C@]34C=C[C@H](O3)[C@H](C(=O)N3CCc5[nH]ncc5C3)[C@H]4C2=O)cc1C. The van der Waals surface area contributed by atoms with Gasteiger partial charge in [0.2, 0.25) is 11.8 Å². The van der Waals surface area contributed by atoms with E-state index in [1.807, 2.05) is 42.2 Å². The van der Waals surface area contributed by atoms with Crippen LogP contribution in [0.4, 0.5) is 5.69 Å². The zero-order valence-electron chi connectivity index (χ0n) is 17.1. The molecule has 154 valence electrons. The summed E-state index contributed by atoms with van der Waals surface area (Å²) in [6.07, 6.45) is 6.21. The summed E-state index contributed by atoms with van der Waals surface area (Å²) in [4.78, 5) is 30.8. The number of benzene rings is 1. The van der Waals surface area contributed by atoms with Crippen molar-refractivity contribution in [3.8, 4) is 0 Å². The topological polar surface area (TPSA) is 78.5 Å². The van der Waals surface area contributed by atoms with Gasteiger partial charge in [0, 0.05) is 36.5 Å². The number of nitrogens with zero attached hydrogens (tertiary/aromatic N) is 3. The summed E-state index contributed by atoms with van der Waals surface area (Å²) in [6, 6.07) is 6.07. The second kappa shape index (κ2) is 6.04. The number of aromatic nitrogens is 2. The smallest absolute Gasteiger partial charge is 0.234 e. The highest BCUT2D eigenvalue weighted by atomic mass is 16.5. The highest BCUT2D eigenvalue weighted by Gasteiger charge is 2.67. The van der Waals surface area contributed by atoms with E-state index in [0.717, 1.165) is 28.9 Å². The van der Waals surface area contributed by atoms with E-state index in [-0.39, 0.29) is 17.9 Å². The van der Waals surface area contributed by atoms with Gasteiger partial charge in [0.15, 0.2) is 0 Å². The van der Waals surface area contributed by atoms with Crippen LogP contribution in [0.2, 0.25) is 0 Å². The maximum absolute atomic E-state index is 13.6. The first-order valence-corrected chi connectivity index (χ1v) is 10.5. The molecule has 6 rings (SSSR count). The molecule has 2 bridgehead atoms. The van der Waals surface area contributed by atoms with Gasteiger partial charge in [-0.25, -0.2) is 0 Å². The van der Waals surface area contributed by atoms with Crippen LogP contribution in [0.3, 0.4) is 0 Å². The Morgan fingerprint density at radius 2 is 2.17 bits per heavy atom. The Kier molecular flexibility index (Phi) is 3.60. The van der Waals surface area contributed by atoms with E-state index < -0.39 is 17.4 Å². The maximum atomic E-state index is 13.6. The van der Waals surface area contributed by atoms with Gasteiger partial charge >= 0.3 is 0 Å². The third kappa shape index (κ3) is 2.32. The predicted octanol–water partition coefficient (Wildman–Crippen LogP) is 1.90. The fraction of sp³-hybridized carbons (Fsp3) is 0.435. The number of aromatic amines is 1. The number of nitrogens with one attached hydrogen (secondary N) is 1. The number of aryl methyl sites for hydroxylation is 2. The van der Waals surface area contributed by atoms with Gasteiger partial charge in [-0.3, -0.25) is 14.7 Å². The Bertz CT molecular complexity index is 1110. The van der Waals surface area contributed by atoms with E-state index in [4.69, 9.17) is 4.74 Å². The molecule has 1 aromatic carbocycles. The summed E-state index contributed by atoms with van der Waals surface area (Å²) < 4.78 is 6.30. The largest absolute Gasteiger partial charge is 0.360 e. The van der Waals surface area contributed by atoms with Crippen LogP contribution in [0.1, 0.15) is 22.4 Å². The Balaban J connectivity index is 1.31. The van der Waals surface area contributed by atoms with Crippen molar-refractivity contribution in [2.75, 3.05) is 18.0 Å². The summed E-state index contributed by atoms with van der Waals surface area (Å²) in [5.41, 5.74) is 4.66. The first kappa shape index (κ1) is 17.9. The van der Waals surface area contributed by atoms with Gasteiger partial charge in [-0.1, -0.05) is 18.2 Å². The molecule has 0 saturated carbocycles. The highest BCUT2D eigenvalue weighted by molar-refractivity contribution is 6.03. The summed E-state index contributed by atoms with van der Waals surface area (Å²) in [6.45, 7) is 5.74. The first-order chi connectivity index (χ1) is 14.5. The third-order valence-corrected chi connectivity index (χ3v) is 7.30. The van der Waals surface area contributed by atoms with Gasteiger partial charge in [-0.15, -0.1) is 0 Å². The van der Waals surface area contributed by atoms with Crippen molar-refractivity contribution in [1.82, 2.24) is 15.1 Å². The molecule has 1 spiro atoms. The number of H-pyrrole nitrogens is 1. The molecule has 4 aliphatic rings. The molecular formula is C23H24N4O3. The van der Waals surface area contributed by atoms with Gasteiger partial charge < -0.3 is 14.5 Å². The lowest BCUT2D eigenvalue weighted by Crippen LogP contribution is -2.47. The number of ether oxygens (including phenoxy) is 1. The van der Waals surface area contributed by atoms with Crippen molar-refractivity contribution >= 4 is 17.5 Å². The zero-order valence-corrected chi connectivity index (χ0v) is 17.1. The molecular weight excluding hydrogens is 380 g/mol. The fourth-order valence-electron chi connectivity index (χ4n) is 5.51. The molecule has 1 aromatic heterocycles. The first-order valence-electron chi connectivity index (χ1n) is 10.5. The molecule has 0 radical (unpaired) electrons. The second-order valence-electron chi connectivity index (χ2n) is 8.98. The van der Waals surface area contributed by atoms with Gasteiger partial charge in [-0.05, 0) is 37.1 Å². The molecule has 2 amide bonds. The van der Waals surface area contributed by atoms with Crippen molar-refractivity contribution in [3.63, 3.8) is 0 Å². The van der Waals surface area contributed by atoms with E-state index in [1.54, 1.807) is 11.1 Å². The predicted molar refractivity (Wildman–Crippen MR) is 110 cm³/mol. The average molecular weight is 404 g/mol. The van der Waals surface area contributed by atoms with E-state index in [9.17, 15) is 9.59 Å². The number of carbonyl (C=O) groups excluding carboxylic acids is 2. The lowest BCUT2D eigenvalue weighted by atomic mass is 9.76. The minimum atomic E-state index is -0.697. The van der Waals surface area contributed by atoms with Crippen molar-refractivity contribution in [1.29, 1.82) is 0 Å². The summed E-state index contributed by atoms with van der Waals surface area (Å²) in [7, 11) is 0. The molecule has 2 aromatic rings. The summed E-state index contributed by atoms with van der Waals surface area (Å²) in [5.74, 6) is -0.928. The zero-order chi connectivity index (χ0) is 20.6. The second-order valence-corrected chi connectivity index (χ2v) is 8.98. The molecule has 0 unspecified atom stereocenters. The lowest BCUT2D eigenvalue weighted by Gasteiger charge is -2.32. The van der Waals surface area contributed by atoms with E-state index >= 15 is 0 Å². The molecule has 4 aliphatic heterocycles. The molecule has 1 N–H and O–H groups in total. The van der Waals surface area contributed by atoms with Crippen LogP contribution in [-0.2, 0) is 27.3 Å². The Labute approximate surface area is 174 Å². The summed E-state index contributed by atoms with van der Waals surface area (Å²) in [5, 5.41) is 7.10. The van der Waals surface area contributed by atoms with Crippen molar-refractivity contribution < 1.29 is 14.3 Å². The third-order valence-electron chi connectivity index (χ3n) is 7.30. The van der Waals surface area contributed by atoms with E-state index in [2.05, 4.69) is 17.1 Å². The minimum Gasteiger partial charge on any atom is -0.360 e. The monoisotopic (exact) mass is 404 g/mol. The van der Waals surface area contributed by atoms with Gasteiger partial charge in [0.25, 0.3) is 0 Å². The number of carbonyl (C=O) groups is 2. The number of hydrogen-bond donors (Lipinski definition) is 1. The molecule has 7 heteroatoms. The van der Waals surface area contributed by atoms with Crippen LogP contribution in [0.15, 0.2) is 36.5 Å². The average Bonchev–Trinajstić information content (AvgIpc) is 3.49. The van der Waals surface area contributed by atoms with Crippen LogP contribution in [-0.4, -0.2) is 51.7 Å². The van der Waals surface area contributed by atoms with Gasteiger partial charge in [-0.2, -0.15) is 5.10 Å². The van der Waals surface area contributed by atoms with E-state index in [1.165, 1.54) is 5.56 Å². The number of hydrogen-bond acceptors (Lipinski definition) is 4. The van der Waals surface area contributed by atoms with Gasteiger partial charge in [0.1, 0.15) is 5.60 Å². The van der Waals surface area contributed by atoms with Crippen LogP contribution in [0.5, 0.6) is 0 Å². The highest BCUT2D eigenvalue weighted by Crippen LogP contribution is 2.53. The number of anilines is 1. The number of rotatable bonds is 2. The molecule has 0 aliphatic carbocycles. The van der Waals surface area contributed by atoms with Crippen molar-refractivity contribution in [2.24, 2.45) is 11.8 Å². The van der Waals surface area contributed by atoms with Crippen LogP contribution in [0.25, 0.3) is 0 Å². The number of amides is 2. The van der Waals surface area contributed by atoms with Crippen LogP contribution >= 0.6 is 0 Å².